The lowest BCUT2D eigenvalue weighted by Crippen LogP contribution is -2.46. The molecule has 1 N–H and O–H groups in total. The van der Waals surface area contributed by atoms with Gasteiger partial charge in [-0.1, -0.05) is 61.3 Å². The maximum atomic E-state index is 12.8. The molecule has 2 aromatic rings. The van der Waals surface area contributed by atoms with Crippen molar-refractivity contribution in [3.8, 4) is 0 Å². The molecule has 0 spiro atoms. The third-order valence-electron chi connectivity index (χ3n) is 4.50. The Morgan fingerprint density at radius 3 is 2.64 bits per heavy atom. The van der Waals surface area contributed by atoms with Crippen LogP contribution < -0.4 is 5.32 Å². The normalized spacial score (nSPS) is 14.3. The molecule has 0 aromatic heterocycles. The summed E-state index contributed by atoms with van der Waals surface area (Å²) in [5.74, 6) is -0.204. The van der Waals surface area contributed by atoms with E-state index in [1.165, 1.54) is 0 Å². The number of halogens is 1. The van der Waals surface area contributed by atoms with E-state index in [1.807, 2.05) is 49.4 Å². The Hall–Kier alpha value is -2.33. The van der Waals surface area contributed by atoms with E-state index in [0.717, 1.165) is 17.5 Å². The molecule has 3 rings (SSSR count). The van der Waals surface area contributed by atoms with Crippen molar-refractivity contribution in [3.05, 3.63) is 70.2 Å². The number of fused-ring (bicyclic) bond motifs is 1. The van der Waals surface area contributed by atoms with E-state index in [1.54, 1.807) is 11.0 Å². The van der Waals surface area contributed by atoms with Crippen LogP contribution in [0.25, 0.3) is 0 Å². The van der Waals surface area contributed by atoms with Crippen LogP contribution in [0, 0.1) is 0 Å². The molecule has 2 amide bonds. The van der Waals surface area contributed by atoms with Gasteiger partial charge in [-0.05, 0) is 29.7 Å². The molecule has 5 heteroatoms. The predicted octanol–water partition coefficient (Wildman–Crippen LogP) is 3.78. The number of hydrogen-bond donors (Lipinski definition) is 1. The number of amides is 2. The summed E-state index contributed by atoms with van der Waals surface area (Å²) >= 11 is 6.14. The van der Waals surface area contributed by atoms with Gasteiger partial charge in [0.05, 0.1) is 0 Å². The van der Waals surface area contributed by atoms with Gasteiger partial charge in [-0.25, -0.2) is 0 Å². The van der Waals surface area contributed by atoms with E-state index >= 15 is 0 Å². The van der Waals surface area contributed by atoms with Crippen LogP contribution in [-0.2, 0) is 17.9 Å². The number of benzene rings is 2. The van der Waals surface area contributed by atoms with Gasteiger partial charge in [-0.2, -0.15) is 0 Å². The molecule has 0 aliphatic carbocycles. The first-order valence-corrected chi connectivity index (χ1v) is 8.89. The SMILES string of the molecule is CCCC(C(=O)NCc1ccccc1Cl)N1Cc2ccccc2C1=O. The van der Waals surface area contributed by atoms with Crippen molar-refractivity contribution in [2.75, 3.05) is 0 Å². The molecular formula is C20H21ClN2O2. The molecule has 130 valence electrons. The largest absolute Gasteiger partial charge is 0.350 e. The van der Waals surface area contributed by atoms with E-state index in [9.17, 15) is 9.59 Å². The van der Waals surface area contributed by atoms with Gasteiger partial charge < -0.3 is 10.2 Å². The Kier molecular flexibility index (Phi) is 5.39. The van der Waals surface area contributed by atoms with E-state index < -0.39 is 6.04 Å². The summed E-state index contributed by atoms with van der Waals surface area (Å²) in [4.78, 5) is 27.1. The van der Waals surface area contributed by atoms with Crippen molar-refractivity contribution < 1.29 is 9.59 Å². The minimum atomic E-state index is -0.465. The lowest BCUT2D eigenvalue weighted by atomic mass is 10.1. The van der Waals surface area contributed by atoms with E-state index in [4.69, 9.17) is 11.6 Å². The predicted molar refractivity (Wildman–Crippen MR) is 98.3 cm³/mol. The molecule has 25 heavy (non-hydrogen) atoms. The van der Waals surface area contributed by atoms with E-state index in [2.05, 4.69) is 5.32 Å². The van der Waals surface area contributed by atoms with Crippen LogP contribution in [-0.4, -0.2) is 22.8 Å². The molecule has 0 fully saturated rings. The van der Waals surface area contributed by atoms with Crippen LogP contribution in [0.3, 0.4) is 0 Å². The van der Waals surface area contributed by atoms with Gasteiger partial charge in [0.25, 0.3) is 5.91 Å². The Morgan fingerprint density at radius 1 is 1.20 bits per heavy atom. The minimum Gasteiger partial charge on any atom is -0.350 e. The first-order valence-electron chi connectivity index (χ1n) is 8.51. The second-order valence-electron chi connectivity index (χ2n) is 6.20. The molecule has 0 saturated carbocycles. The number of hydrogen-bond acceptors (Lipinski definition) is 2. The maximum absolute atomic E-state index is 12.8. The summed E-state index contributed by atoms with van der Waals surface area (Å²) in [5.41, 5.74) is 2.54. The lowest BCUT2D eigenvalue weighted by molar-refractivity contribution is -0.126. The fraction of sp³-hybridized carbons (Fsp3) is 0.300. The van der Waals surface area contributed by atoms with E-state index in [-0.39, 0.29) is 11.8 Å². The second-order valence-corrected chi connectivity index (χ2v) is 6.61. The molecule has 4 nitrogen and oxygen atoms in total. The van der Waals surface area contributed by atoms with Crippen LogP contribution in [0.2, 0.25) is 5.02 Å². The van der Waals surface area contributed by atoms with Gasteiger partial charge in [0.15, 0.2) is 0 Å². The quantitative estimate of drug-likeness (QED) is 0.856. The van der Waals surface area contributed by atoms with Crippen molar-refractivity contribution in [2.24, 2.45) is 0 Å². The maximum Gasteiger partial charge on any atom is 0.255 e. The monoisotopic (exact) mass is 356 g/mol. The Balaban J connectivity index is 1.72. The van der Waals surface area contributed by atoms with E-state index in [0.29, 0.717) is 30.1 Å². The van der Waals surface area contributed by atoms with Crippen molar-refractivity contribution in [1.29, 1.82) is 0 Å². The molecule has 1 aliphatic heterocycles. The van der Waals surface area contributed by atoms with Gasteiger partial charge >= 0.3 is 0 Å². The number of carbonyl (C=O) groups excluding carboxylic acids is 2. The van der Waals surface area contributed by atoms with Gasteiger partial charge in [0.2, 0.25) is 5.91 Å². The molecule has 0 radical (unpaired) electrons. The van der Waals surface area contributed by atoms with Gasteiger partial charge in [-0.15, -0.1) is 0 Å². The van der Waals surface area contributed by atoms with Crippen LogP contribution in [0.4, 0.5) is 0 Å². The van der Waals surface area contributed by atoms with Crippen LogP contribution in [0.1, 0.15) is 41.3 Å². The highest BCUT2D eigenvalue weighted by molar-refractivity contribution is 6.31. The summed E-state index contributed by atoms with van der Waals surface area (Å²) in [7, 11) is 0. The van der Waals surface area contributed by atoms with Crippen molar-refractivity contribution in [1.82, 2.24) is 10.2 Å². The third-order valence-corrected chi connectivity index (χ3v) is 4.87. The minimum absolute atomic E-state index is 0.0676. The average molecular weight is 357 g/mol. The van der Waals surface area contributed by atoms with Crippen LogP contribution in [0.5, 0.6) is 0 Å². The molecule has 1 unspecified atom stereocenters. The zero-order valence-corrected chi connectivity index (χ0v) is 14.9. The summed E-state index contributed by atoms with van der Waals surface area (Å²) in [5, 5.41) is 3.56. The molecule has 2 aromatic carbocycles. The number of nitrogens with one attached hydrogen (secondary N) is 1. The molecule has 0 saturated heterocycles. The molecular weight excluding hydrogens is 336 g/mol. The molecule has 1 heterocycles. The fourth-order valence-corrected chi connectivity index (χ4v) is 3.37. The van der Waals surface area contributed by atoms with Crippen molar-refractivity contribution in [3.63, 3.8) is 0 Å². The number of nitrogens with zero attached hydrogens (tertiary/aromatic N) is 1. The Morgan fingerprint density at radius 2 is 1.92 bits per heavy atom. The molecule has 1 atom stereocenters. The highest BCUT2D eigenvalue weighted by Crippen LogP contribution is 2.26. The topological polar surface area (TPSA) is 49.4 Å². The smallest absolute Gasteiger partial charge is 0.255 e. The lowest BCUT2D eigenvalue weighted by Gasteiger charge is -2.26. The highest BCUT2D eigenvalue weighted by atomic mass is 35.5. The standard InChI is InChI=1S/C20H21ClN2O2/c1-2-7-18(19(24)22-12-14-8-4-6-11-17(14)21)23-13-15-9-3-5-10-16(15)20(23)25/h3-6,8-11,18H,2,7,12-13H2,1H3,(H,22,24). The van der Waals surface area contributed by atoms with Gasteiger partial charge in [0.1, 0.15) is 6.04 Å². The zero-order valence-electron chi connectivity index (χ0n) is 14.2. The van der Waals surface area contributed by atoms with Crippen LogP contribution in [0.15, 0.2) is 48.5 Å². The Bertz CT molecular complexity index is 791. The van der Waals surface area contributed by atoms with Crippen molar-refractivity contribution in [2.45, 2.75) is 38.9 Å². The fourth-order valence-electron chi connectivity index (χ4n) is 3.17. The highest BCUT2D eigenvalue weighted by Gasteiger charge is 2.35. The molecule has 1 aliphatic rings. The summed E-state index contributed by atoms with van der Waals surface area (Å²) < 4.78 is 0. The zero-order chi connectivity index (χ0) is 17.8. The number of rotatable bonds is 6. The third kappa shape index (κ3) is 3.69. The summed E-state index contributed by atoms with van der Waals surface area (Å²) in [6.07, 6.45) is 1.46. The first kappa shape index (κ1) is 17.5. The van der Waals surface area contributed by atoms with Gasteiger partial charge in [0, 0.05) is 23.7 Å². The number of carbonyl (C=O) groups is 2. The second kappa shape index (κ2) is 7.70. The first-order chi connectivity index (χ1) is 12.1. The summed E-state index contributed by atoms with van der Waals surface area (Å²) in [6, 6.07) is 14.5. The average Bonchev–Trinajstić information content (AvgIpc) is 2.95. The van der Waals surface area contributed by atoms with Gasteiger partial charge in [-0.3, -0.25) is 9.59 Å². The summed E-state index contributed by atoms with van der Waals surface area (Å²) in [6.45, 7) is 2.86. The molecule has 0 bridgehead atoms. The van der Waals surface area contributed by atoms with Crippen molar-refractivity contribution >= 4 is 23.4 Å². The van der Waals surface area contributed by atoms with Crippen LogP contribution >= 0.6 is 11.6 Å². The Labute approximate surface area is 152 Å².